The Morgan fingerprint density at radius 1 is 0.328 bits per heavy atom. The van der Waals surface area contributed by atoms with Crippen LogP contribution in [0.25, 0.3) is 0 Å². The fourth-order valence-electron chi connectivity index (χ4n) is 7.63. The van der Waals surface area contributed by atoms with Crippen molar-refractivity contribution in [1.82, 2.24) is 0 Å². The van der Waals surface area contributed by atoms with Gasteiger partial charge in [-0.15, -0.1) is 0 Å². The zero-order valence-electron chi connectivity index (χ0n) is 40.7. The Kier molecular flexibility index (Phi) is 48.3. The zero-order valence-corrected chi connectivity index (χ0v) is 40.7. The van der Waals surface area contributed by atoms with Crippen LogP contribution >= 0.6 is 0 Å². The van der Waals surface area contributed by atoms with Crippen molar-refractivity contribution in [2.45, 2.75) is 284 Å². The van der Waals surface area contributed by atoms with Crippen molar-refractivity contribution in [2.75, 3.05) is 13.2 Å². The van der Waals surface area contributed by atoms with E-state index in [1.807, 2.05) is 0 Å². The molecule has 61 heavy (non-hydrogen) atoms. The molecule has 6 nitrogen and oxygen atoms in total. The Morgan fingerprint density at radius 2 is 0.590 bits per heavy atom. The highest BCUT2D eigenvalue weighted by atomic mass is 16.6. The first-order valence-corrected chi connectivity index (χ1v) is 26.5. The number of rotatable bonds is 48. The summed E-state index contributed by atoms with van der Waals surface area (Å²) >= 11 is 0. The van der Waals surface area contributed by atoms with Crippen molar-refractivity contribution in [3.05, 3.63) is 36.5 Å². The molecule has 6 heteroatoms. The van der Waals surface area contributed by atoms with Gasteiger partial charge < -0.3 is 14.2 Å². The van der Waals surface area contributed by atoms with Gasteiger partial charge in [-0.25, -0.2) is 0 Å². The van der Waals surface area contributed by atoms with E-state index in [9.17, 15) is 14.4 Å². The Bertz CT molecular complexity index is 1030. The van der Waals surface area contributed by atoms with Crippen molar-refractivity contribution in [3.8, 4) is 0 Å². The number of carbonyl (C=O) groups is 3. The molecule has 0 bridgehead atoms. The van der Waals surface area contributed by atoms with E-state index in [0.717, 1.165) is 70.6 Å². The van der Waals surface area contributed by atoms with Gasteiger partial charge in [0.05, 0.1) is 0 Å². The molecule has 0 heterocycles. The van der Waals surface area contributed by atoms with E-state index < -0.39 is 6.10 Å². The lowest BCUT2D eigenvalue weighted by atomic mass is 10.0. The average molecular weight is 857 g/mol. The first-order chi connectivity index (χ1) is 30.0. The Morgan fingerprint density at radius 3 is 0.918 bits per heavy atom. The normalized spacial score (nSPS) is 12.2. The van der Waals surface area contributed by atoms with Crippen molar-refractivity contribution < 1.29 is 28.6 Å². The highest BCUT2D eigenvalue weighted by Crippen LogP contribution is 2.16. The molecule has 0 spiro atoms. The summed E-state index contributed by atoms with van der Waals surface area (Å²) in [5, 5.41) is 0. The smallest absolute Gasteiger partial charge is 0.306 e. The molecule has 0 aromatic heterocycles. The molecule has 0 rings (SSSR count). The highest BCUT2D eigenvalue weighted by molar-refractivity contribution is 5.71. The van der Waals surface area contributed by atoms with Crippen LogP contribution in [0, 0.1) is 0 Å². The van der Waals surface area contributed by atoms with Gasteiger partial charge in [0.15, 0.2) is 6.10 Å². The van der Waals surface area contributed by atoms with Crippen molar-refractivity contribution in [3.63, 3.8) is 0 Å². The monoisotopic (exact) mass is 857 g/mol. The summed E-state index contributed by atoms with van der Waals surface area (Å²) < 4.78 is 16.6. The maximum absolute atomic E-state index is 12.6. The first kappa shape index (κ1) is 58.6. The quantitative estimate of drug-likeness (QED) is 0.0262. The van der Waals surface area contributed by atoms with Crippen molar-refractivity contribution >= 4 is 17.9 Å². The molecule has 0 aromatic rings. The van der Waals surface area contributed by atoms with Crippen LogP contribution in [0.5, 0.6) is 0 Å². The molecular formula is C55H100O6. The van der Waals surface area contributed by atoms with Gasteiger partial charge in [-0.2, -0.15) is 0 Å². The van der Waals surface area contributed by atoms with Crippen LogP contribution in [0.1, 0.15) is 278 Å². The third-order valence-corrected chi connectivity index (χ3v) is 11.6. The SMILES string of the molecule is CCCCCCC/C=C\C/C=C\C/C=C\CCCCCCCCCCCCCCCCC(=O)OCC(COC(=O)CCCCCCCC)OC(=O)CCCCCCCCCC. The van der Waals surface area contributed by atoms with Crippen LogP contribution in [-0.2, 0) is 28.6 Å². The topological polar surface area (TPSA) is 78.9 Å². The molecule has 1 unspecified atom stereocenters. The second kappa shape index (κ2) is 50.3. The molecule has 0 N–H and O–H groups in total. The molecule has 0 amide bonds. The highest BCUT2D eigenvalue weighted by Gasteiger charge is 2.19. The van der Waals surface area contributed by atoms with Crippen molar-refractivity contribution in [2.24, 2.45) is 0 Å². The van der Waals surface area contributed by atoms with Gasteiger partial charge in [0, 0.05) is 19.3 Å². The van der Waals surface area contributed by atoms with Gasteiger partial charge in [0.2, 0.25) is 0 Å². The minimum atomic E-state index is -0.762. The van der Waals surface area contributed by atoms with E-state index in [4.69, 9.17) is 14.2 Å². The largest absolute Gasteiger partial charge is 0.462 e. The molecule has 0 saturated carbocycles. The van der Waals surface area contributed by atoms with Crippen molar-refractivity contribution in [1.29, 1.82) is 0 Å². The van der Waals surface area contributed by atoms with E-state index in [1.165, 1.54) is 167 Å². The fourth-order valence-corrected chi connectivity index (χ4v) is 7.63. The van der Waals surface area contributed by atoms with Crippen LogP contribution in [0.3, 0.4) is 0 Å². The predicted octanol–water partition coefficient (Wildman–Crippen LogP) is 17.3. The van der Waals surface area contributed by atoms with Crippen LogP contribution < -0.4 is 0 Å². The van der Waals surface area contributed by atoms with E-state index in [-0.39, 0.29) is 31.1 Å². The Labute approximate surface area is 378 Å². The predicted molar refractivity (Wildman–Crippen MR) is 261 cm³/mol. The third-order valence-electron chi connectivity index (χ3n) is 11.6. The molecular weight excluding hydrogens is 757 g/mol. The average Bonchev–Trinajstić information content (AvgIpc) is 3.26. The fraction of sp³-hybridized carbons (Fsp3) is 0.836. The number of allylic oxidation sites excluding steroid dienone is 6. The van der Waals surface area contributed by atoms with Gasteiger partial charge in [-0.1, -0.05) is 237 Å². The molecule has 0 aliphatic heterocycles. The Hall–Kier alpha value is -2.37. The number of carbonyl (C=O) groups excluding carboxylic acids is 3. The van der Waals surface area contributed by atoms with Gasteiger partial charge in [-0.3, -0.25) is 14.4 Å². The number of hydrogen-bond donors (Lipinski definition) is 0. The summed E-state index contributed by atoms with van der Waals surface area (Å²) in [6, 6.07) is 0. The summed E-state index contributed by atoms with van der Waals surface area (Å²) in [4.78, 5) is 37.5. The lowest BCUT2D eigenvalue weighted by molar-refractivity contribution is -0.167. The number of hydrogen-bond acceptors (Lipinski definition) is 6. The minimum Gasteiger partial charge on any atom is -0.462 e. The van der Waals surface area contributed by atoms with Gasteiger partial charge in [-0.05, 0) is 57.8 Å². The van der Waals surface area contributed by atoms with Crippen LogP contribution in [-0.4, -0.2) is 37.2 Å². The maximum atomic E-state index is 12.6. The molecule has 0 saturated heterocycles. The standard InChI is InChI=1S/C55H100O6/c1-4-7-10-13-16-18-19-20-21-22-23-24-25-26-27-28-29-30-31-32-33-34-35-36-37-38-40-42-45-48-54(57)60-51-52(50-59-53(56)47-44-41-15-12-9-6-3)61-55(58)49-46-43-39-17-14-11-8-5-2/h19-20,22-23,25-26,52H,4-18,21,24,27-51H2,1-3H3/b20-19-,23-22-,26-25-. The van der Waals surface area contributed by atoms with E-state index in [1.54, 1.807) is 0 Å². The van der Waals surface area contributed by atoms with Gasteiger partial charge >= 0.3 is 17.9 Å². The minimum absolute atomic E-state index is 0.0692. The first-order valence-electron chi connectivity index (χ1n) is 26.5. The molecule has 0 aliphatic carbocycles. The third kappa shape index (κ3) is 48.5. The summed E-state index contributed by atoms with van der Waals surface area (Å²) in [7, 11) is 0. The van der Waals surface area contributed by atoms with Crippen LogP contribution in [0.15, 0.2) is 36.5 Å². The van der Waals surface area contributed by atoms with Crippen LogP contribution in [0.2, 0.25) is 0 Å². The second-order valence-electron chi connectivity index (χ2n) is 17.8. The van der Waals surface area contributed by atoms with E-state index in [2.05, 4.69) is 57.2 Å². The number of esters is 3. The lowest BCUT2D eigenvalue weighted by Gasteiger charge is -2.18. The summed E-state index contributed by atoms with van der Waals surface area (Å²) in [5.74, 6) is -0.877. The van der Waals surface area contributed by atoms with Gasteiger partial charge in [0.1, 0.15) is 13.2 Å². The molecule has 0 aromatic carbocycles. The van der Waals surface area contributed by atoms with Gasteiger partial charge in [0.25, 0.3) is 0 Å². The molecule has 1 atom stereocenters. The lowest BCUT2D eigenvalue weighted by Crippen LogP contribution is -2.30. The van der Waals surface area contributed by atoms with E-state index in [0.29, 0.717) is 19.3 Å². The summed E-state index contributed by atoms with van der Waals surface area (Å²) in [5.41, 5.74) is 0. The molecule has 0 aliphatic rings. The Balaban J connectivity index is 3.92. The number of unbranched alkanes of at least 4 members (excludes halogenated alkanes) is 31. The summed E-state index contributed by atoms with van der Waals surface area (Å²) in [6.45, 7) is 6.55. The molecule has 356 valence electrons. The number of ether oxygens (including phenoxy) is 3. The maximum Gasteiger partial charge on any atom is 0.306 e. The second-order valence-corrected chi connectivity index (χ2v) is 17.8. The van der Waals surface area contributed by atoms with Crippen LogP contribution in [0.4, 0.5) is 0 Å². The summed E-state index contributed by atoms with van der Waals surface area (Å²) in [6.07, 6.45) is 59.0. The zero-order chi connectivity index (χ0) is 44.4. The molecule has 0 fully saturated rings. The van der Waals surface area contributed by atoms with E-state index >= 15 is 0 Å². The molecule has 0 radical (unpaired) electrons.